The average Bonchev–Trinajstić information content (AvgIpc) is 2.09. The Labute approximate surface area is 77.7 Å². The predicted molar refractivity (Wildman–Crippen MR) is 54.9 cm³/mol. The Bertz CT molecular complexity index is 98.6. The summed E-state index contributed by atoms with van der Waals surface area (Å²) in [5, 5.41) is 0. The van der Waals surface area contributed by atoms with E-state index in [0.29, 0.717) is 0 Å². The molecule has 0 heterocycles. The maximum absolute atomic E-state index is 2.58. The van der Waals surface area contributed by atoms with Crippen LogP contribution in [-0.2, 0) is 0 Å². The number of unbranched alkanes of at least 4 members (excludes halogenated alkanes) is 2. The van der Waals surface area contributed by atoms with Gasteiger partial charge in [0.1, 0.15) is 0 Å². The van der Waals surface area contributed by atoms with E-state index in [9.17, 15) is 0 Å². The van der Waals surface area contributed by atoms with Crippen LogP contribution in [0.4, 0.5) is 0 Å². The standard InChI is InChI=1S/C12H23/c1-3-4-5-6-12-9-7-11(2)8-10-12/h6,11-12H,3-5,7-10H2,1-2H3/q-1. The van der Waals surface area contributed by atoms with Crippen molar-refractivity contribution in [2.45, 2.75) is 58.8 Å². The molecule has 0 amide bonds. The van der Waals surface area contributed by atoms with Crippen molar-refractivity contribution in [1.82, 2.24) is 0 Å². The molecule has 0 saturated heterocycles. The van der Waals surface area contributed by atoms with Crippen LogP contribution < -0.4 is 0 Å². The minimum absolute atomic E-state index is 0.966. The SMILES string of the molecule is CCCC[CH-]C1CCC(C)CC1. The summed E-state index contributed by atoms with van der Waals surface area (Å²) in [7, 11) is 0. The second-order valence-electron chi connectivity index (χ2n) is 4.40. The highest BCUT2D eigenvalue weighted by Crippen LogP contribution is 2.30. The van der Waals surface area contributed by atoms with Crippen LogP contribution in [0.25, 0.3) is 0 Å². The molecular formula is C12H23-. The molecule has 0 atom stereocenters. The smallest absolute Gasteiger partial charge is 0.0444 e. The van der Waals surface area contributed by atoms with E-state index in [4.69, 9.17) is 0 Å². The Balaban J connectivity index is 2.01. The van der Waals surface area contributed by atoms with Crippen LogP contribution in [-0.4, -0.2) is 0 Å². The minimum atomic E-state index is 0.966. The zero-order valence-corrected chi connectivity index (χ0v) is 8.68. The molecule has 0 nitrogen and oxygen atoms in total. The van der Waals surface area contributed by atoms with Gasteiger partial charge in [-0.1, -0.05) is 52.4 Å². The fourth-order valence-corrected chi connectivity index (χ4v) is 2.08. The Kier molecular flexibility index (Phi) is 4.72. The summed E-state index contributed by atoms with van der Waals surface area (Å²) in [6.45, 7) is 4.67. The first kappa shape index (κ1) is 10.1. The van der Waals surface area contributed by atoms with Gasteiger partial charge in [-0.05, 0) is 5.92 Å². The lowest BCUT2D eigenvalue weighted by molar-refractivity contribution is 0.312. The lowest BCUT2D eigenvalue weighted by atomic mass is 9.80. The number of hydrogen-bond acceptors (Lipinski definition) is 0. The van der Waals surface area contributed by atoms with Crippen LogP contribution in [0.1, 0.15) is 58.8 Å². The minimum Gasteiger partial charge on any atom is -0.325 e. The van der Waals surface area contributed by atoms with Gasteiger partial charge in [-0.3, -0.25) is 0 Å². The average molecular weight is 167 g/mol. The Morgan fingerprint density at radius 1 is 1.17 bits per heavy atom. The third kappa shape index (κ3) is 3.60. The third-order valence-electron chi connectivity index (χ3n) is 3.12. The van der Waals surface area contributed by atoms with Gasteiger partial charge in [0.05, 0.1) is 0 Å². The van der Waals surface area contributed by atoms with Crippen molar-refractivity contribution < 1.29 is 0 Å². The van der Waals surface area contributed by atoms with E-state index in [1.54, 1.807) is 0 Å². The Morgan fingerprint density at radius 3 is 2.42 bits per heavy atom. The van der Waals surface area contributed by atoms with Gasteiger partial charge in [-0.2, -0.15) is 12.3 Å². The first-order chi connectivity index (χ1) is 5.83. The van der Waals surface area contributed by atoms with Crippen molar-refractivity contribution in [2.75, 3.05) is 0 Å². The molecule has 0 spiro atoms. The van der Waals surface area contributed by atoms with E-state index in [0.717, 1.165) is 11.8 Å². The van der Waals surface area contributed by atoms with Crippen LogP contribution in [0.5, 0.6) is 0 Å². The van der Waals surface area contributed by atoms with E-state index < -0.39 is 0 Å². The van der Waals surface area contributed by atoms with Crippen LogP contribution in [0.3, 0.4) is 0 Å². The van der Waals surface area contributed by atoms with Crippen molar-refractivity contribution in [1.29, 1.82) is 0 Å². The van der Waals surface area contributed by atoms with Crippen molar-refractivity contribution in [2.24, 2.45) is 11.8 Å². The van der Waals surface area contributed by atoms with Crippen LogP contribution in [0, 0.1) is 18.3 Å². The van der Waals surface area contributed by atoms with E-state index in [1.807, 2.05) is 0 Å². The molecule has 1 saturated carbocycles. The van der Waals surface area contributed by atoms with Crippen molar-refractivity contribution >= 4 is 0 Å². The van der Waals surface area contributed by atoms with Crippen molar-refractivity contribution in [3.05, 3.63) is 6.42 Å². The maximum atomic E-state index is 2.58. The Hall–Kier alpha value is 0. The van der Waals surface area contributed by atoms with E-state index in [-0.39, 0.29) is 0 Å². The zero-order chi connectivity index (χ0) is 8.81. The summed E-state index contributed by atoms with van der Waals surface area (Å²) >= 11 is 0. The van der Waals surface area contributed by atoms with E-state index in [1.165, 1.54) is 44.9 Å². The molecule has 0 aromatic carbocycles. The highest BCUT2D eigenvalue weighted by atomic mass is 14.2. The molecule has 0 bridgehead atoms. The molecule has 1 rings (SSSR count). The summed E-state index contributed by atoms with van der Waals surface area (Å²) < 4.78 is 0. The molecule has 0 aromatic rings. The summed E-state index contributed by atoms with van der Waals surface area (Å²) in [6.07, 6.45) is 12.5. The molecule has 0 N–H and O–H groups in total. The predicted octanol–water partition coefficient (Wildman–Crippen LogP) is 4.21. The molecule has 1 fully saturated rings. The lowest BCUT2D eigenvalue weighted by Gasteiger charge is -2.32. The molecule has 1 aliphatic carbocycles. The molecule has 0 aromatic heterocycles. The first-order valence-electron chi connectivity index (χ1n) is 5.66. The fourth-order valence-electron chi connectivity index (χ4n) is 2.08. The normalized spacial score (nSPS) is 30.5. The third-order valence-corrected chi connectivity index (χ3v) is 3.12. The largest absolute Gasteiger partial charge is 0.325 e. The van der Waals surface area contributed by atoms with Crippen LogP contribution in [0.15, 0.2) is 0 Å². The van der Waals surface area contributed by atoms with E-state index >= 15 is 0 Å². The van der Waals surface area contributed by atoms with Gasteiger partial charge >= 0.3 is 0 Å². The van der Waals surface area contributed by atoms with Gasteiger partial charge in [0, 0.05) is 0 Å². The highest BCUT2D eigenvalue weighted by molar-refractivity contribution is 4.80. The second kappa shape index (κ2) is 5.61. The monoisotopic (exact) mass is 167 g/mol. The van der Waals surface area contributed by atoms with Crippen molar-refractivity contribution in [3.63, 3.8) is 0 Å². The number of hydrogen-bond donors (Lipinski definition) is 0. The van der Waals surface area contributed by atoms with Gasteiger partial charge in [-0.25, -0.2) is 0 Å². The highest BCUT2D eigenvalue weighted by Gasteiger charge is 2.11. The van der Waals surface area contributed by atoms with Gasteiger partial charge in [0.15, 0.2) is 0 Å². The summed E-state index contributed by atoms with van der Waals surface area (Å²) in [5.74, 6) is 1.97. The zero-order valence-electron chi connectivity index (χ0n) is 8.68. The van der Waals surface area contributed by atoms with Crippen LogP contribution in [0.2, 0.25) is 0 Å². The first-order valence-corrected chi connectivity index (χ1v) is 5.66. The summed E-state index contributed by atoms with van der Waals surface area (Å²) in [5.41, 5.74) is 0. The van der Waals surface area contributed by atoms with Gasteiger partial charge < -0.3 is 6.42 Å². The summed E-state index contributed by atoms with van der Waals surface area (Å²) in [6, 6.07) is 0. The molecular weight excluding hydrogens is 144 g/mol. The topological polar surface area (TPSA) is 0 Å². The molecule has 1 aliphatic rings. The maximum Gasteiger partial charge on any atom is -0.0444 e. The fraction of sp³-hybridized carbons (Fsp3) is 0.917. The van der Waals surface area contributed by atoms with Crippen LogP contribution >= 0.6 is 0 Å². The van der Waals surface area contributed by atoms with Gasteiger partial charge in [-0.15, -0.1) is 0 Å². The van der Waals surface area contributed by atoms with E-state index in [2.05, 4.69) is 20.3 Å². The second-order valence-corrected chi connectivity index (χ2v) is 4.40. The number of rotatable bonds is 4. The summed E-state index contributed by atoms with van der Waals surface area (Å²) in [4.78, 5) is 0. The Morgan fingerprint density at radius 2 is 1.83 bits per heavy atom. The molecule has 0 unspecified atom stereocenters. The van der Waals surface area contributed by atoms with Gasteiger partial charge in [0.25, 0.3) is 0 Å². The molecule has 0 heteroatoms. The molecule has 72 valence electrons. The van der Waals surface area contributed by atoms with Crippen molar-refractivity contribution in [3.8, 4) is 0 Å². The molecule has 0 aliphatic heterocycles. The van der Waals surface area contributed by atoms with Gasteiger partial charge in [0.2, 0.25) is 0 Å². The molecule has 12 heavy (non-hydrogen) atoms. The molecule has 0 radical (unpaired) electrons. The quantitative estimate of drug-likeness (QED) is 0.434. The lowest BCUT2D eigenvalue weighted by Crippen LogP contribution is -2.12.